The molecule has 0 unspecified atom stereocenters. The summed E-state index contributed by atoms with van der Waals surface area (Å²) >= 11 is 0. The molecule has 0 amide bonds. The Morgan fingerprint density at radius 2 is 1.47 bits per heavy atom. The smallest absolute Gasteiger partial charge is 0.164 e. The summed E-state index contributed by atoms with van der Waals surface area (Å²) in [6, 6.07) is 3.59. The first-order chi connectivity index (χ1) is 16.3. The molecule has 0 N–H and O–H groups in total. The van der Waals surface area contributed by atoms with Crippen LogP contribution in [0.3, 0.4) is 0 Å². The predicted molar refractivity (Wildman–Crippen MR) is 131 cm³/mol. The molecule has 2 saturated carbocycles. The molecule has 2 aliphatic rings. The van der Waals surface area contributed by atoms with Gasteiger partial charge in [0, 0.05) is 0 Å². The first-order valence-corrected chi connectivity index (χ1v) is 12.4. The number of halogens is 3. The highest BCUT2D eigenvalue weighted by atomic mass is 19.2. The van der Waals surface area contributed by atoms with E-state index in [9.17, 15) is 8.78 Å². The van der Waals surface area contributed by atoms with Gasteiger partial charge in [0.2, 0.25) is 0 Å². The van der Waals surface area contributed by atoms with Gasteiger partial charge in [0.05, 0.1) is 19.3 Å². The van der Waals surface area contributed by atoms with Crippen LogP contribution in [0.5, 0.6) is 0 Å². The molecule has 3 rings (SSSR count). The van der Waals surface area contributed by atoms with Crippen molar-refractivity contribution in [3.05, 3.63) is 83.9 Å². The van der Waals surface area contributed by atoms with Gasteiger partial charge in [-0.15, -0.1) is 6.58 Å². The Balaban J connectivity index is 1.51. The van der Waals surface area contributed by atoms with E-state index in [2.05, 4.69) is 19.7 Å². The molecule has 5 heteroatoms. The Morgan fingerprint density at radius 3 is 1.97 bits per heavy atom. The lowest BCUT2D eigenvalue weighted by molar-refractivity contribution is 0.0393. The van der Waals surface area contributed by atoms with Crippen molar-refractivity contribution in [2.75, 3.05) is 13.2 Å². The third-order valence-corrected chi connectivity index (χ3v) is 7.22. The third-order valence-electron chi connectivity index (χ3n) is 7.22. The average Bonchev–Trinajstić information content (AvgIpc) is 2.85. The number of ether oxygens (including phenoxy) is 2. The maximum Gasteiger partial charge on any atom is 0.164 e. The SMILES string of the molecule is C=CC1CCC(c2ccc(C3CCC(OCC(=C)/C=C(/F)C(=C)OCC)CC3)c(F)c2F)CC1. The molecule has 0 saturated heterocycles. The fourth-order valence-corrected chi connectivity index (χ4v) is 5.19. The highest BCUT2D eigenvalue weighted by Crippen LogP contribution is 2.41. The Labute approximate surface area is 202 Å². The molecule has 34 heavy (non-hydrogen) atoms. The quantitative estimate of drug-likeness (QED) is 0.192. The summed E-state index contributed by atoms with van der Waals surface area (Å²) < 4.78 is 54.9. The third kappa shape index (κ3) is 6.65. The normalized spacial score (nSPS) is 25.6. The van der Waals surface area contributed by atoms with Crippen LogP contribution >= 0.6 is 0 Å². The largest absolute Gasteiger partial charge is 0.491 e. The lowest BCUT2D eigenvalue weighted by Gasteiger charge is -2.30. The molecule has 0 aromatic heterocycles. The number of rotatable bonds is 10. The van der Waals surface area contributed by atoms with Crippen LogP contribution in [0.4, 0.5) is 13.2 Å². The molecule has 186 valence electrons. The fraction of sp³-hybridized carbons (Fsp3) is 0.517. The maximum absolute atomic E-state index is 15.0. The van der Waals surface area contributed by atoms with Gasteiger partial charge >= 0.3 is 0 Å². The van der Waals surface area contributed by atoms with E-state index in [1.807, 2.05) is 6.08 Å². The molecule has 1 aromatic rings. The molecule has 1 aromatic carbocycles. The van der Waals surface area contributed by atoms with E-state index in [-0.39, 0.29) is 30.3 Å². The van der Waals surface area contributed by atoms with Crippen LogP contribution in [0.15, 0.2) is 61.2 Å². The van der Waals surface area contributed by atoms with Crippen molar-refractivity contribution in [2.24, 2.45) is 5.92 Å². The first-order valence-electron chi connectivity index (χ1n) is 12.4. The van der Waals surface area contributed by atoms with Gasteiger partial charge in [0.15, 0.2) is 17.5 Å². The van der Waals surface area contributed by atoms with Gasteiger partial charge < -0.3 is 9.47 Å². The highest BCUT2D eigenvalue weighted by molar-refractivity contribution is 5.32. The summed E-state index contributed by atoms with van der Waals surface area (Å²) in [4.78, 5) is 0. The van der Waals surface area contributed by atoms with Gasteiger partial charge in [-0.05, 0) is 98.8 Å². The summed E-state index contributed by atoms with van der Waals surface area (Å²) in [6.07, 6.45) is 9.88. The molecule has 2 fully saturated rings. The summed E-state index contributed by atoms with van der Waals surface area (Å²) in [5.41, 5.74) is 1.49. The minimum absolute atomic E-state index is 0.00761. The molecule has 2 aliphatic carbocycles. The molecule has 0 aliphatic heterocycles. The van der Waals surface area contributed by atoms with Crippen molar-refractivity contribution in [2.45, 2.75) is 76.2 Å². The van der Waals surface area contributed by atoms with E-state index in [1.165, 1.54) is 6.08 Å². The topological polar surface area (TPSA) is 18.5 Å². The highest BCUT2D eigenvalue weighted by Gasteiger charge is 2.29. The van der Waals surface area contributed by atoms with Crippen molar-refractivity contribution in [3.8, 4) is 0 Å². The average molecular weight is 475 g/mol. The van der Waals surface area contributed by atoms with Gasteiger partial charge in [-0.1, -0.05) is 31.4 Å². The summed E-state index contributed by atoms with van der Waals surface area (Å²) in [7, 11) is 0. The monoisotopic (exact) mass is 474 g/mol. The lowest BCUT2D eigenvalue weighted by atomic mass is 9.77. The molecular formula is C29H37F3O2. The van der Waals surface area contributed by atoms with Crippen molar-refractivity contribution in [3.63, 3.8) is 0 Å². The van der Waals surface area contributed by atoms with Gasteiger partial charge in [0.25, 0.3) is 0 Å². The van der Waals surface area contributed by atoms with Gasteiger partial charge in [-0.25, -0.2) is 13.2 Å². The van der Waals surface area contributed by atoms with Crippen LogP contribution in [0, 0.1) is 17.6 Å². The second-order valence-electron chi connectivity index (χ2n) is 9.51. The number of hydrogen-bond donors (Lipinski definition) is 0. The minimum atomic E-state index is -0.684. The van der Waals surface area contributed by atoms with E-state index in [0.717, 1.165) is 51.4 Å². The van der Waals surface area contributed by atoms with Crippen LogP contribution in [-0.4, -0.2) is 19.3 Å². The van der Waals surface area contributed by atoms with E-state index >= 15 is 4.39 Å². The summed E-state index contributed by atoms with van der Waals surface area (Å²) in [5.74, 6) is -1.38. The van der Waals surface area contributed by atoms with Crippen LogP contribution in [0.2, 0.25) is 0 Å². The summed E-state index contributed by atoms with van der Waals surface area (Å²) in [6.45, 7) is 13.5. The predicted octanol–water partition coefficient (Wildman–Crippen LogP) is 8.43. The maximum atomic E-state index is 15.0. The zero-order valence-corrected chi connectivity index (χ0v) is 20.3. The molecule has 0 atom stereocenters. The standard InChI is InChI=1S/C29H37F3O2/c1-5-21-7-9-22(10-8-21)25-15-16-26(29(32)28(25)31)23-11-13-24(14-12-23)34-18-19(3)17-27(30)20(4)33-6-2/h5,15-17,21-24H,1,3-4,6-14,18H2,2H3/b27-17+. The molecule has 0 spiro atoms. The van der Waals surface area contributed by atoms with Crippen LogP contribution in [0.25, 0.3) is 0 Å². The zero-order chi connectivity index (χ0) is 24.7. The van der Waals surface area contributed by atoms with Gasteiger partial charge in [-0.3, -0.25) is 0 Å². The Bertz CT molecular complexity index is 904. The van der Waals surface area contributed by atoms with Crippen molar-refractivity contribution >= 4 is 0 Å². The molecule has 2 nitrogen and oxygen atoms in total. The summed E-state index contributed by atoms with van der Waals surface area (Å²) in [5, 5.41) is 0. The Kier molecular flexibility index (Phi) is 9.63. The molecular weight excluding hydrogens is 437 g/mol. The first kappa shape index (κ1) is 26.3. The van der Waals surface area contributed by atoms with E-state index < -0.39 is 17.5 Å². The number of allylic oxidation sites excluding steroid dienone is 2. The Hall–Kier alpha value is -2.27. The molecule has 0 radical (unpaired) electrons. The van der Waals surface area contributed by atoms with Crippen LogP contribution in [0.1, 0.15) is 81.3 Å². The van der Waals surface area contributed by atoms with Crippen LogP contribution < -0.4 is 0 Å². The molecule has 0 heterocycles. The van der Waals surface area contributed by atoms with E-state index in [4.69, 9.17) is 9.47 Å². The second-order valence-corrected chi connectivity index (χ2v) is 9.51. The fourth-order valence-electron chi connectivity index (χ4n) is 5.19. The Morgan fingerprint density at radius 1 is 0.941 bits per heavy atom. The van der Waals surface area contributed by atoms with Gasteiger partial charge in [-0.2, -0.15) is 0 Å². The van der Waals surface area contributed by atoms with E-state index in [1.54, 1.807) is 19.1 Å². The van der Waals surface area contributed by atoms with E-state index in [0.29, 0.717) is 29.2 Å². The minimum Gasteiger partial charge on any atom is -0.491 e. The number of benzene rings is 1. The van der Waals surface area contributed by atoms with Gasteiger partial charge in [0.1, 0.15) is 5.76 Å². The molecule has 0 bridgehead atoms. The van der Waals surface area contributed by atoms with Crippen LogP contribution in [-0.2, 0) is 9.47 Å². The lowest BCUT2D eigenvalue weighted by Crippen LogP contribution is -2.22. The van der Waals surface area contributed by atoms with Crippen molar-refractivity contribution in [1.29, 1.82) is 0 Å². The number of hydrogen-bond acceptors (Lipinski definition) is 2. The second kappa shape index (κ2) is 12.4. The van der Waals surface area contributed by atoms with Crippen molar-refractivity contribution < 1.29 is 22.6 Å². The van der Waals surface area contributed by atoms with Crippen molar-refractivity contribution in [1.82, 2.24) is 0 Å². The zero-order valence-electron chi connectivity index (χ0n) is 20.3.